The van der Waals surface area contributed by atoms with Gasteiger partial charge in [-0.15, -0.1) is 0 Å². The third kappa shape index (κ3) is 4.39. The maximum atomic E-state index is 11.7. The van der Waals surface area contributed by atoms with E-state index >= 15 is 0 Å². The van der Waals surface area contributed by atoms with Gasteiger partial charge in [0.1, 0.15) is 5.75 Å². The molecule has 0 radical (unpaired) electrons. The Morgan fingerprint density at radius 1 is 1.40 bits per heavy atom. The van der Waals surface area contributed by atoms with E-state index in [1.807, 2.05) is 0 Å². The van der Waals surface area contributed by atoms with Crippen LogP contribution >= 0.6 is 15.9 Å². The summed E-state index contributed by atoms with van der Waals surface area (Å²) in [6, 6.07) is 2.81. The molecule has 1 rings (SSSR count). The van der Waals surface area contributed by atoms with E-state index in [2.05, 4.69) is 26.6 Å². The largest absolute Gasteiger partial charge is 0.497 e. The summed E-state index contributed by atoms with van der Waals surface area (Å²) in [7, 11) is 1.49. The first-order valence-electron chi connectivity index (χ1n) is 5.67. The molecule has 110 valence electrons. The fourth-order valence-corrected chi connectivity index (χ4v) is 1.76. The number of hydrogen-bond acceptors (Lipinski definition) is 4. The first kappa shape index (κ1) is 16.3. The Balaban J connectivity index is 2.78. The molecule has 0 aliphatic carbocycles. The zero-order chi connectivity index (χ0) is 15.3. The van der Waals surface area contributed by atoms with Crippen LogP contribution < -0.4 is 15.4 Å². The second-order valence-corrected chi connectivity index (χ2v) is 4.86. The number of hydrogen-bond donors (Lipinski definition) is 4. The number of methoxy groups -OCH3 is 1. The number of carboxylic acid groups (broad SMARTS) is 1. The Kier molecular flexibility index (Phi) is 5.78. The van der Waals surface area contributed by atoms with Gasteiger partial charge in [-0.25, -0.2) is 9.59 Å². The predicted molar refractivity (Wildman–Crippen MR) is 76.0 cm³/mol. The summed E-state index contributed by atoms with van der Waals surface area (Å²) in [4.78, 5) is 22.6. The zero-order valence-corrected chi connectivity index (χ0v) is 12.5. The topological polar surface area (TPSA) is 108 Å². The van der Waals surface area contributed by atoms with E-state index < -0.39 is 24.1 Å². The zero-order valence-electron chi connectivity index (χ0n) is 10.9. The summed E-state index contributed by atoms with van der Waals surface area (Å²) >= 11 is 3.25. The number of ether oxygens (including phenoxy) is 1. The highest BCUT2D eigenvalue weighted by Gasteiger charge is 2.25. The average Bonchev–Trinajstić information content (AvgIpc) is 2.37. The van der Waals surface area contributed by atoms with Crippen LogP contribution in [0.1, 0.15) is 6.92 Å². The van der Waals surface area contributed by atoms with E-state index in [4.69, 9.17) is 9.84 Å². The SMILES string of the molecule is COc1ccc(Br)c(NC(=O)N[C@H](C(=O)O)[C@@H](C)O)c1. The molecule has 7 nitrogen and oxygen atoms in total. The van der Waals surface area contributed by atoms with Gasteiger partial charge in [-0.1, -0.05) is 0 Å². The summed E-state index contributed by atoms with van der Waals surface area (Å²) in [5.41, 5.74) is 0.414. The van der Waals surface area contributed by atoms with E-state index in [1.54, 1.807) is 18.2 Å². The predicted octanol–water partition coefficient (Wildman–Crippen LogP) is 1.41. The number of carbonyl (C=O) groups excluding carboxylic acids is 1. The molecule has 1 aromatic rings. The van der Waals surface area contributed by atoms with Gasteiger partial charge in [0.2, 0.25) is 0 Å². The van der Waals surface area contributed by atoms with Gasteiger partial charge >= 0.3 is 12.0 Å². The van der Waals surface area contributed by atoms with Gasteiger partial charge in [-0.3, -0.25) is 0 Å². The first-order valence-corrected chi connectivity index (χ1v) is 6.46. The number of carboxylic acids is 1. The Labute approximate surface area is 124 Å². The van der Waals surface area contributed by atoms with Gasteiger partial charge in [0.25, 0.3) is 0 Å². The molecule has 0 aromatic heterocycles. The number of benzene rings is 1. The number of anilines is 1. The second-order valence-electron chi connectivity index (χ2n) is 4.00. The van der Waals surface area contributed by atoms with E-state index in [1.165, 1.54) is 14.0 Å². The van der Waals surface area contributed by atoms with Gasteiger partial charge in [0, 0.05) is 10.5 Å². The summed E-state index contributed by atoms with van der Waals surface area (Å²) in [6.45, 7) is 1.28. The van der Waals surface area contributed by atoms with Crippen molar-refractivity contribution in [3.8, 4) is 5.75 Å². The second kappa shape index (κ2) is 7.11. The molecule has 0 fully saturated rings. The molecule has 20 heavy (non-hydrogen) atoms. The molecule has 2 atom stereocenters. The standard InChI is InChI=1S/C12H15BrN2O5/c1-6(16)10(11(17)18)15-12(19)14-9-5-7(20-2)3-4-8(9)13/h3-6,10,16H,1-2H3,(H,17,18)(H2,14,15,19)/t6-,10+/m1/s1. The molecule has 0 aliphatic heterocycles. The summed E-state index contributed by atoms with van der Waals surface area (Å²) in [5.74, 6) is -0.784. The quantitative estimate of drug-likeness (QED) is 0.644. The average molecular weight is 347 g/mol. The van der Waals surface area contributed by atoms with Crippen molar-refractivity contribution in [3.63, 3.8) is 0 Å². The summed E-state index contributed by atoms with van der Waals surface area (Å²) in [6.07, 6.45) is -1.22. The molecule has 1 aromatic carbocycles. The lowest BCUT2D eigenvalue weighted by Gasteiger charge is -2.18. The fraction of sp³-hybridized carbons (Fsp3) is 0.333. The first-order chi connectivity index (χ1) is 9.35. The van der Waals surface area contributed by atoms with Gasteiger partial charge in [0.15, 0.2) is 6.04 Å². The molecule has 2 amide bonds. The smallest absolute Gasteiger partial charge is 0.328 e. The molecule has 4 N–H and O–H groups in total. The Hall–Kier alpha value is -1.80. The van der Waals surface area contributed by atoms with E-state index in [0.29, 0.717) is 15.9 Å². The lowest BCUT2D eigenvalue weighted by Crippen LogP contribution is -2.49. The molecule has 0 saturated heterocycles. The minimum Gasteiger partial charge on any atom is -0.497 e. The molecular formula is C12H15BrN2O5. The fourth-order valence-electron chi connectivity index (χ4n) is 1.42. The number of aliphatic hydroxyl groups excluding tert-OH is 1. The van der Waals surface area contributed by atoms with Crippen molar-refractivity contribution in [2.45, 2.75) is 19.1 Å². The lowest BCUT2D eigenvalue weighted by molar-refractivity contribution is -0.141. The van der Waals surface area contributed by atoms with Crippen molar-refractivity contribution < 1.29 is 24.5 Å². The van der Waals surface area contributed by atoms with Crippen LogP contribution in [0.3, 0.4) is 0 Å². The van der Waals surface area contributed by atoms with E-state index in [0.717, 1.165) is 0 Å². The maximum absolute atomic E-state index is 11.7. The number of aliphatic carboxylic acids is 1. The Morgan fingerprint density at radius 3 is 2.55 bits per heavy atom. The molecule has 0 spiro atoms. The van der Waals surface area contributed by atoms with Crippen molar-refractivity contribution in [1.29, 1.82) is 0 Å². The van der Waals surface area contributed by atoms with Crippen LogP contribution in [0, 0.1) is 0 Å². The third-order valence-electron chi connectivity index (χ3n) is 2.46. The van der Waals surface area contributed by atoms with E-state index in [-0.39, 0.29) is 0 Å². The van der Waals surface area contributed by atoms with E-state index in [9.17, 15) is 14.7 Å². The lowest BCUT2D eigenvalue weighted by atomic mass is 10.2. The number of aliphatic hydroxyl groups is 1. The van der Waals surface area contributed by atoms with Gasteiger partial charge in [-0.05, 0) is 35.0 Å². The van der Waals surface area contributed by atoms with Crippen molar-refractivity contribution in [2.24, 2.45) is 0 Å². The van der Waals surface area contributed by atoms with Crippen LogP contribution in [0.2, 0.25) is 0 Å². The molecular weight excluding hydrogens is 332 g/mol. The Bertz CT molecular complexity index is 507. The molecule has 8 heteroatoms. The van der Waals surface area contributed by atoms with Gasteiger partial charge in [0.05, 0.1) is 18.9 Å². The normalized spacial score (nSPS) is 13.2. The number of halogens is 1. The molecule has 0 bridgehead atoms. The number of amides is 2. The van der Waals surface area contributed by atoms with Crippen LogP contribution in [0.4, 0.5) is 10.5 Å². The maximum Gasteiger partial charge on any atom is 0.328 e. The third-order valence-corrected chi connectivity index (χ3v) is 3.15. The molecule has 0 heterocycles. The van der Waals surface area contributed by atoms with Crippen LogP contribution in [0.15, 0.2) is 22.7 Å². The summed E-state index contributed by atoms with van der Waals surface area (Å²) < 4.78 is 5.63. The highest BCUT2D eigenvalue weighted by Crippen LogP contribution is 2.26. The van der Waals surface area contributed by atoms with Crippen molar-refractivity contribution in [2.75, 3.05) is 12.4 Å². The van der Waals surface area contributed by atoms with Crippen LogP contribution in [0.5, 0.6) is 5.75 Å². The monoisotopic (exact) mass is 346 g/mol. The van der Waals surface area contributed by atoms with Gasteiger partial charge < -0.3 is 25.6 Å². The van der Waals surface area contributed by atoms with Crippen molar-refractivity contribution in [3.05, 3.63) is 22.7 Å². The summed E-state index contributed by atoms with van der Waals surface area (Å²) in [5, 5.41) is 22.8. The minimum absolute atomic E-state index is 0.414. The van der Waals surface area contributed by atoms with Crippen molar-refractivity contribution in [1.82, 2.24) is 5.32 Å². The molecule has 0 unspecified atom stereocenters. The van der Waals surface area contributed by atoms with Crippen LogP contribution in [-0.2, 0) is 4.79 Å². The number of carbonyl (C=O) groups is 2. The number of urea groups is 1. The molecule has 0 saturated carbocycles. The van der Waals surface area contributed by atoms with Crippen LogP contribution in [-0.4, -0.2) is 41.5 Å². The Morgan fingerprint density at radius 2 is 2.05 bits per heavy atom. The molecule has 0 aliphatic rings. The number of nitrogens with one attached hydrogen (secondary N) is 2. The highest BCUT2D eigenvalue weighted by atomic mass is 79.9. The minimum atomic E-state index is -1.39. The van der Waals surface area contributed by atoms with Gasteiger partial charge in [-0.2, -0.15) is 0 Å². The van der Waals surface area contributed by atoms with Crippen LogP contribution in [0.25, 0.3) is 0 Å². The highest BCUT2D eigenvalue weighted by molar-refractivity contribution is 9.10. The number of rotatable bonds is 5. The van der Waals surface area contributed by atoms with Crippen molar-refractivity contribution >= 4 is 33.6 Å².